The van der Waals surface area contributed by atoms with Crippen LogP contribution in [0.15, 0.2) is 29.4 Å². The molecule has 114 valence electrons. The third-order valence-corrected chi connectivity index (χ3v) is 4.69. The summed E-state index contributed by atoms with van der Waals surface area (Å²) in [5, 5.41) is 25.1. The number of hydrogen-bond acceptors (Lipinski definition) is 5. The zero-order valence-corrected chi connectivity index (χ0v) is 15.7. The van der Waals surface area contributed by atoms with Crippen molar-refractivity contribution in [3.8, 4) is 0 Å². The minimum absolute atomic E-state index is 0. The van der Waals surface area contributed by atoms with Gasteiger partial charge < -0.3 is 20.4 Å². The number of hydrazone groups is 1. The molecule has 0 radical (unpaired) electrons. The molecule has 8 heteroatoms. The van der Waals surface area contributed by atoms with Crippen LogP contribution >= 0.6 is 23.2 Å². The van der Waals surface area contributed by atoms with Gasteiger partial charge >= 0.3 is 29.6 Å². The number of carboxylic acid groups (broad SMARTS) is 1. The van der Waals surface area contributed by atoms with Gasteiger partial charge in [-0.25, -0.2) is 0 Å². The van der Waals surface area contributed by atoms with Crippen molar-refractivity contribution in [1.82, 2.24) is 5.43 Å². The Balaban J connectivity index is 0.00000242. The summed E-state index contributed by atoms with van der Waals surface area (Å²) in [6.07, 6.45) is 2.23. The molecule has 22 heavy (non-hydrogen) atoms. The van der Waals surface area contributed by atoms with E-state index < -0.39 is 16.4 Å². The van der Waals surface area contributed by atoms with Crippen molar-refractivity contribution in [2.24, 2.45) is 5.10 Å². The number of benzene rings is 1. The Morgan fingerprint density at radius 1 is 1.50 bits per heavy atom. The maximum Gasteiger partial charge on any atom is 1.00 e. The average molecular weight is 353 g/mol. The molecule has 1 aromatic carbocycles. The Morgan fingerprint density at radius 3 is 2.68 bits per heavy atom. The molecule has 0 bridgehead atoms. The second-order valence-electron chi connectivity index (χ2n) is 5.18. The van der Waals surface area contributed by atoms with Crippen LogP contribution in [0.2, 0.25) is 5.02 Å². The average Bonchev–Trinajstić information content (AvgIpc) is 3.17. The van der Waals surface area contributed by atoms with Gasteiger partial charge in [-0.15, -0.1) is 11.6 Å². The molecule has 0 spiro atoms. The zero-order valence-electron chi connectivity index (χ0n) is 12.2. The van der Waals surface area contributed by atoms with E-state index in [2.05, 4.69) is 10.5 Å². The number of nitrogens with zero attached hydrogens (tertiary/aromatic N) is 1. The molecule has 2 rings (SSSR count). The van der Waals surface area contributed by atoms with Gasteiger partial charge in [-0.2, -0.15) is 5.10 Å². The molecule has 0 aromatic heterocycles. The molecular weight excluding hydrogens is 338 g/mol. The van der Waals surface area contributed by atoms with Gasteiger partial charge in [0.1, 0.15) is 5.60 Å². The van der Waals surface area contributed by atoms with Gasteiger partial charge in [-0.1, -0.05) is 29.8 Å². The molecule has 1 unspecified atom stereocenters. The van der Waals surface area contributed by atoms with E-state index >= 15 is 0 Å². The van der Waals surface area contributed by atoms with E-state index in [0.29, 0.717) is 24.1 Å². The number of rotatable bonds is 7. The standard InChI is InChI=1S/C14H16Cl2N2O3.Na/c15-11-4-2-1-3-10(11)7-14(21,13(16)5-6-13)9-18-17-8-12(19)20;/h1-4,8,18,21H,5-7,9H2,(H,19,20);/q;+1/p-1. The first kappa shape index (κ1) is 19.7. The van der Waals surface area contributed by atoms with Crippen molar-refractivity contribution < 1.29 is 44.6 Å². The molecule has 1 atom stereocenters. The van der Waals surface area contributed by atoms with Crippen LogP contribution < -0.4 is 40.1 Å². The van der Waals surface area contributed by atoms with E-state index in [1.165, 1.54) is 0 Å². The number of halogens is 2. The Bertz CT molecular complexity index is 567. The molecule has 1 saturated carbocycles. The largest absolute Gasteiger partial charge is 1.00 e. The second kappa shape index (κ2) is 7.99. The maximum atomic E-state index is 10.9. The molecule has 2 N–H and O–H groups in total. The van der Waals surface area contributed by atoms with Crippen molar-refractivity contribution in [3.63, 3.8) is 0 Å². The Kier molecular flexibility index (Phi) is 7.18. The van der Waals surface area contributed by atoms with Crippen molar-refractivity contribution in [3.05, 3.63) is 34.9 Å². The Hall–Kier alpha value is -0.300. The molecule has 1 fully saturated rings. The van der Waals surface area contributed by atoms with Crippen LogP contribution in [0.1, 0.15) is 18.4 Å². The van der Waals surface area contributed by atoms with Gasteiger partial charge in [0.2, 0.25) is 0 Å². The minimum atomic E-state index is -1.41. The van der Waals surface area contributed by atoms with E-state index in [0.717, 1.165) is 5.56 Å². The van der Waals surface area contributed by atoms with Gasteiger partial charge in [0, 0.05) is 11.4 Å². The summed E-state index contributed by atoms with van der Waals surface area (Å²) in [4.78, 5) is 9.52. The first-order chi connectivity index (χ1) is 9.86. The topological polar surface area (TPSA) is 84.8 Å². The van der Waals surface area contributed by atoms with Crippen LogP contribution in [0.3, 0.4) is 0 Å². The van der Waals surface area contributed by atoms with Gasteiger partial charge in [-0.3, -0.25) is 0 Å². The van der Waals surface area contributed by atoms with E-state index in [9.17, 15) is 15.0 Å². The number of hydrogen-bond donors (Lipinski definition) is 2. The van der Waals surface area contributed by atoms with Crippen LogP contribution in [0.4, 0.5) is 0 Å². The predicted octanol–water partition coefficient (Wildman–Crippen LogP) is -2.29. The monoisotopic (exact) mass is 352 g/mol. The summed E-state index contributed by atoms with van der Waals surface area (Å²) in [5.74, 6) is -1.41. The summed E-state index contributed by atoms with van der Waals surface area (Å²) in [7, 11) is 0. The first-order valence-corrected chi connectivity index (χ1v) is 7.23. The summed E-state index contributed by atoms with van der Waals surface area (Å²) >= 11 is 12.5. The molecule has 5 nitrogen and oxygen atoms in total. The van der Waals surface area contributed by atoms with E-state index in [1.54, 1.807) is 12.1 Å². The zero-order chi connectivity index (χ0) is 15.5. The number of carbonyl (C=O) groups excluding carboxylic acids is 1. The number of nitrogens with one attached hydrogen (secondary N) is 1. The van der Waals surface area contributed by atoms with E-state index in [4.69, 9.17) is 23.2 Å². The molecule has 0 saturated heterocycles. The van der Waals surface area contributed by atoms with Gasteiger partial charge in [-0.05, 0) is 24.5 Å². The first-order valence-electron chi connectivity index (χ1n) is 6.48. The third kappa shape index (κ3) is 4.85. The van der Waals surface area contributed by atoms with Crippen LogP contribution in [0, 0.1) is 0 Å². The minimum Gasteiger partial charge on any atom is -0.544 e. The molecule has 0 aliphatic heterocycles. The maximum absolute atomic E-state index is 10.9. The summed E-state index contributed by atoms with van der Waals surface area (Å²) in [5.41, 5.74) is 2.02. The fourth-order valence-electron chi connectivity index (χ4n) is 2.19. The van der Waals surface area contributed by atoms with E-state index in [1.807, 2.05) is 12.1 Å². The molecule has 1 aromatic rings. The van der Waals surface area contributed by atoms with Gasteiger partial charge in [0.15, 0.2) is 0 Å². The number of alkyl halides is 1. The van der Waals surface area contributed by atoms with Crippen molar-refractivity contribution in [1.29, 1.82) is 0 Å². The van der Waals surface area contributed by atoms with Crippen molar-refractivity contribution >= 4 is 35.4 Å². The molecule has 1 aliphatic carbocycles. The van der Waals surface area contributed by atoms with E-state index in [-0.39, 0.29) is 42.5 Å². The SMILES string of the molecule is O=C([O-])C=NNCC(O)(Cc1ccccc1Cl)C1(Cl)CC1.[Na+]. The number of carboxylic acids is 1. The summed E-state index contributed by atoms with van der Waals surface area (Å²) < 4.78 is 0. The van der Waals surface area contributed by atoms with Crippen LogP contribution in [-0.2, 0) is 11.2 Å². The normalized spacial score (nSPS) is 18.3. The second-order valence-corrected chi connectivity index (χ2v) is 6.31. The predicted molar refractivity (Wildman–Crippen MR) is 79.4 cm³/mol. The molecule has 1 aliphatic rings. The van der Waals surface area contributed by atoms with Crippen molar-refractivity contribution in [2.45, 2.75) is 29.7 Å². The fraction of sp³-hybridized carbons (Fsp3) is 0.429. The van der Waals surface area contributed by atoms with Crippen molar-refractivity contribution in [2.75, 3.05) is 6.54 Å². The molecular formula is C14H15Cl2N2NaO3. The number of aliphatic hydroxyl groups is 1. The Labute approximate surface area is 161 Å². The smallest absolute Gasteiger partial charge is 0.544 e. The molecule has 0 amide bonds. The van der Waals surface area contributed by atoms with Crippen LogP contribution in [0.25, 0.3) is 0 Å². The van der Waals surface area contributed by atoms with Crippen LogP contribution in [-0.4, -0.2) is 34.3 Å². The van der Waals surface area contributed by atoms with Gasteiger partial charge in [0.25, 0.3) is 0 Å². The number of carbonyl (C=O) groups is 1. The number of aliphatic carboxylic acids is 1. The summed E-state index contributed by atoms with van der Waals surface area (Å²) in [6, 6.07) is 7.20. The fourth-order valence-corrected chi connectivity index (χ4v) is 2.62. The quantitative estimate of drug-likeness (QED) is 0.250. The summed E-state index contributed by atoms with van der Waals surface area (Å²) in [6.45, 7) is 0.0193. The third-order valence-electron chi connectivity index (χ3n) is 3.60. The van der Waals surface area contributed by atoms with Gasteiger partial charge in [0.05, 0.1) is 23.6 Å². The Morgan fingerprint density at radius 2 is 2.14 bits per heavy atom. The molecule has 0 heterocycles. The van der Waals surface area contributed by atoms with Crippen LogP contribution in [0.5, 0.6) is 0 Å².